The fraction of sp³-hybridized carbons (Fsp3) is 0.474. The summed E-state index contributed by atoms with van der Waals surface area (Å²) in [6.07, 6.45) is 4.27. The molecule has 3 aliphatic rings. The van der Waals surface area contributed by atoms with E-state index in [9.17, 15) is 9.59 Å². The van der Waals surface area contributed by atoms with Gasteiger partial charge in [0.05, 0.1) is 13.2 Å². The van der Waals surface area contributed by atoms with Crippen LogP contribution in [0.1, 0.15) is 19.3 Å². The van der Waals surface area contributed by atoms with E-state index in [0.29, 0.717) is 13.0 Å². The molecule has 0 spiro atoms. The van der Waals surface area contributed by atoms with Gasteiger partial charge in [-0.15, -0.1) is 11.6 Å². The number of esters is 1. The highest BCUT2D eigenvalue weighted by Gasteiger charge is 2.56. The summed E-state index contributed by atoms with van der Waals surface area (Å²) in [5, 5.41) is 1.11. The maximum absolute atomic E-state index is 13.0. The van der Waals surface area contributed by atoms with Crippen LogP contribution in [-0.2, 0) is 20.9 Å². The average Bonchev–Trinajstić information content (AvgIpc) is 3.04. The van der Waals surface area contributed by atoms with E-state index in [1.54, 1.807) is 4.90 Å². The van der Waals surface area contributed by atoms with Gasteiger partial charge in [-0.1, -0.05) is 18.2 Å². The van der Waals surface area contributed by atoms with Gasteiger partial charge in [0.2, 0.25) is 5.91 Å². The topological polar surface area (TPSA) is 51.5 Å². The van der Waals surface area contributed by atoms with Gasteiger partial charge < -0.3 is 14.2 Å². The van der Waals surface area contributed by atoms with E-state index in [-0.39, 0.29) is 24.4 Å². The third-order valence-electron chi connectivity index (χ3n) is 5.62. The van der Waals surface area contributed by atoms with Crippen LogP contribution < -0.4 is 0 Å². The molecule has 2 bridgehead atoms. The number of rotatable bonds is 3. The van der Waals surface area contributed by atoms with Crippen molar-refractivity contribution < 1.29 is 14.3 Å². The normalized spacial score (nSPS) is 28.3. The predicted octanol–water partition coefficient (Wildman–Crippen LogP) is 2.80. The molecule has 5 nitrogen and oxygen atoms in total. The van der Waals surface area contributed by atoms with E-state index >= 15 is 0 Å². The lowest BCUT2D eigenvalue weighted by atomic mass is 9.72. The second-order valence-electron chi connectivity index (χ2n) is 7.07. The highest BCUT2D eigenvalue weighted by molar-refractivity contribution is 6.35. The maximum atomic E-state index is 13.0. The molecule has 0 radical (unpaired) electrons. The van der Waals surface area contributed by atoms with E-state index in [1.165, 1.54) is 7.11 Å². The molecule has 25 heavy (non-hydrogen) atoms. The van der Waals surface area contributed by atoms with Crippen LogP contribution in [0.5, 0.6) is 0 Å². The number of alkyl halides is 1. The summed E-state index contributed by atoms with van der Waals surface area (Å²) >= 11 is 6.66. The van der Waals surface area contributed by atoms with Crippen LogP contribution in [0.3, 0.4) is 0 Å². The van der Waals surface area contributed by atoms with E-state index in [4.69, 9.17) is 16.3 Å². The van der Waals surface area contributed by atoms with Crippen molar-refractivity contribution in [3.05, 3.63) is 36.5 Å². The zero-order valence-electron chi connectivity index (χ0n) is 14.2. The molecule has 1 saturated carbocycles. The van der Waals surface area contributed by atoms with Gasteiger partial charge in [-0.2, -0.15) is 0 Å². The Balaban J connectivity index is 1.59. The summed E-state index contributed by atoms with van der Waals surface area (Å²) in [6.45, 7) is 0.930. The van der Waals surface area contributed by atoms with Gasteiger partial charge in [0.1, 0.15) is 6.54 Å². The Labute approximate surface area is 151 Å². The zero-order chi connectivity index (χ0) is 17.6. The van der Waals surface area contributed by atoms with E-state index < -0.39 is 10.8 Å². The van der Waals surface area contributed by atoms with Crippen molar-refractivity contribution >= 4 is 34.4 Å². The molecule has 3 unspecified atom stereocenters. The Morgan fingerprint density at radius 3 is 2.84 bits per heavy atom. The van der Waals surface area contributed by atoms with Crippen molar-refractivity contribution in [3.8, 4) is 0 Å². The molecule has 3 fully saturated rings. The standard InChI is InChI=1S/C19H21ClN2O3/c1-25-18(24)19(20)10-13-6-7-16(19)22(11-13)17(23)12-21-9-8-14-4-2-3-5-15(14)21/h2-5,8-9,13,16H,6-7,10-12H2,1H3. The summed E-state index contributed by atoms with van der Waals surface area (Å²) in [6, 6.07) is 9.70. The molecule has 1 aromatic carbocycles. The SMILES string of the molecule is COC(=O)C1(Cl)CC2CCC1N(C(=O)Cn1ccc3ccccc31)C2. The Hall–Kier alpha value is -2.01. The number of aromatic nitrogens is 1. The minimum absolute atomic E-state index is 0.00433. The third kappa shape index (κ3) is 2.61. The van der Waals surface area contributed by atoms with Crippen LogP contribution in [0.25, 0.3) is 10.9 Å². The minimum Gasteiger partial charge on any atom is -0.468 e. The minimum atomic E-state index is -1.11. The smallest absolute Gasteiger partial charge is 0.329 e. The van der Waals surface area contributed by atoms with Gasteiger partial charge in [-0.25, -0.2) is 0 Å². The molecule has 132 valence electrons. The molecular formula is C19H21ClN2O3. The Morgan fingerprint density at radius 1 is 1.28 bits per heavy atom. The molecule has 2 aromatic rings. The molecule has 3 atom stereocenters. The first-order chi connectivity index (χ1) is 12.0. The number of halogens is 1. The van der Waals surface area contributed by atoms with Crippen LogP contribution in [-0.4, -0.2) is 45.9 Å². The second-order valence-corrected chi connectivity index (χ2v) is 7.74. The predicted molar refractivity (Wildman–Crippen MR) is 95.4 cm³/mol. The van der Waals surface area contributed by atoms with Gasteiger partial charge in [0.25, 0.3) is 0 Å². The van der Waals surface area contributed by atoms with Crippen LogP contribution in [0.4, 0.5) is 0 Å². The summed E-state index contributed by atoms with van der Waals surface area (Å²) < 4.78 is 6.88. The van der Waals surface area contributed by atoms with Crippen LogP contribution >= 0.6 is 11.6 Å². The number of para-hydroxylation sites is 1. The number of amides is 1. The monoisotopic (exact) mass is 360 g/mol. The first kappa shape index (κ1) is 16.5. The first-order valence-electron chi connectivity index (χ1n) is 8.63. The number of ether oxygens (including phenoxy) is 1. The van der Waals surface area contributed by atoms with Gasteiger partial charge in [-0.3, -0.25) is 9.59 Å². The second kappa shape index (κ2) is 6.06. The first-order valence-corrected chi connectivity index (χ1v) is 9.01. The highest BCUT2D eigenvalue weighted by Crippen LogP contribution is 2.46. The van der Waals surface area contributed by atoms with E-state index in [0.717, 1.165) is 23.7 Å². The molecule has 1 amide bonds. The number of fused-ring (bicyclic) bond motifs is 4. The van der Waals surface area contributed by atoms with Crippen LogP contribution in [0, 0.1) is 5.92 Å². The van der Waals surface area contributed by atoms with Gasteiger partial charge in [0, 0.05) is 18.3 Å². The Bertz CT molecular complexity index is 833. The molecule has 5 rings (SSSR count). The molecule has 2 saturated heterocycles. The third-order valence-corrected chi connectivity index (χ3v) is 6.18. The fourth-order valence-corrected chi connectivity index (χ4v) is 4.95. The van der Waals surface area contributed by atoms with E-state index in [2.05, 4.69) is 0 Å². The highest BCUT2D eigenvalue weighted by atomic mass is 35.5. The van der Waals surface area contributed by atoms with Crippen LogP contribution in [0.15, 0.2) is 36.5 Å². The molecule has 2 aliphatic heterocycles. The lowest BCUT2D eigenvalue weighted by Gasteiger charge is -2.52. The van der Waals surface area contributed by atoms with Crippen molar-refractivity contribution in [3.63, 3.8) is 0 Å². The van der Waals surface area contributed by atoms with Crippen molar-refractivity contribution in [2.75, 3.05) is 13.7 Å². The number of nitrogens with zero attached hydrogens (tertiary/aromatic N) is 2. The lowest BCUT2D eigenvalue weighted by molar-refractivity contribution is -0.155. The number of hydrogen-bond acceptors (Lipinski definition) is 3. The van der Waals surface area contributed by atoms with Crippen molar-refractivity contribution in [1.82, 2.24) is 9.47 Å². The van der Waals surface area contributed by atoms with E-state index in [1.807, 2.05) is 41.1 Å². The Kier molecular flexibility index (Phi) is 3.99. The van der Waals surface area contributed by atoms with Gasteiger partial charge in [-0.05, 0) is 42.7 Å². The molecular weight excluding hydrogens is 340 g/mol. The number of piperidine rings is 2. The lowest BCUT2D eigenvalue weighted by Crippen LogP contribution is -2.65. The number of carbonyl (C=O) groups excluding carboxylic acids is 2. The largest absolute Gasteiger partial charge is 0.468 e. The van der Waals surface area contributed by atoms with Crippen molar-refractivity contribution in [2.45, 2.75) is 36.7 Å². The van der Waals surface area contributed by atoms with Crippen molar-refractivity contribution in [1.29, 1.82) is 0 Å². The van der Waals surface area contributed by atoms with Crippen LogP contribution in [0.2, 0.25) is 0 Å². The summed E-state index contributed by atoms with van der Waals surface area (Å²) in [5.41, 5.74) is 1.03. The maximum Gasteiger partial charge on any atom is 0.329 e. The average molecular weight is 361 g/mol. The van der Waals surface area contributed by atoms with Crippen molar-refractivity contribution in [2.24, 2.45) is 5.92 Å². The zero-order valence-corrected chi connectivity index (χ0v) is 14.9. The summed E-state index contributed by atoms with van der Waals surface area (Å²) in [4.78, 5) is 25.9. The number of hydrogen-bond donors (Lipinski definition) is 0. The molecule has 6 heteroatoms. The molecule has 1 aliphatic carbocycles. The van der Waals surface area contributed by atoms with Gasteiger partial charge in [0.15, 0.2) is 4.87 Å². The molecule has 1 aromatic heterocycles. The Morgan fingerprint density at radius 2 is 2.08 bits per heavy atom. The number of methoxy groups -OCH3 is 1. The van der Waals surface area contributed by atoms with Gasteiger partial charge >= 0.3 is 5.97 Å². The quantitative estimate of drug-likeness (QED) is 0.624. The summed E-state index contributed by atoms with van der Waals surface area (Å²) in [5.74, 6) is -0.163. The number of benzene rings is 1. The molecule has 3 heterocycles. The summed E-state index contributed by atoms with van der Waals surface area (Å²) in [7, 11) is 1.35. The number of carbonyl (C=O) groups is 2. The fourth-order valence-electron chi connectivity index (χ4n) is 4.42. The molecule has 0 N–H and O–H groups in total.